The zero-order chi connectivity index (χ0) is 29.4. The van der Waals surface area contributed by atoms with Crippen molar-refractivity contribution in [2.45, 2.75) is 51.5 Å². The lowest BCUT2D eigenvalue weighted by molar-refractivity contribution is -0.147. The Hall–Kier alpha value is -4.33. The minimum atomic E-state index is -4.36. The Labute approximate surface area is 234 Å². The quantitative estimate of drug-likeness (QED) is 0.355. The SMILES string of the molecule is Cn1cc(Nc2nccc(-c3ccc4c(c3)CN(CC(F)(F)F)CC[C@@H]4NC(=O)c3cn(C(C)(C)C)nn3)n2)cn1. The monoisotopic (exact) mass is 568 g/mol. The van der Waals surface area contributed by atoms with Crippen LogP contribution in [0.5, 0.6) is 0 Å². The predicted octanol–water partition coefficient (Wildman–Crippen LogP) is 4.21. The number of amides is 1. The fourth-order valence-electron chi connectivity index (χ4n) is 4.69. The van der Waals surface area contributed by atoms with Gasteiger partial charge in [0.05, 0.1) is 41.9 Å². The summed E-state index contributed by atoms with van der Waals surface area (Å²) < 4.78 is 43.4. The van der Waals surface area contributed by atoms with Crippen LogP contribution in [0, 0.1) is 0 Å². The minimum Gasteiger partial charge on any atom is -0.344 e. The summed E-state index contributed by atoms with van der Waals surface area (Å²) in [6.07, 6.45) is 2.55. The summed E-state index contributed by atoms with van der Waals surface area (Å²) >= 11 is 0. The first-order chi connectivity index (χ1) is 19.3. The summed E-state index contributed by atoms with van der Waals surface area (Å²) in [6.45, 7) is 4.98. The van der Waals surface area contributed by atoms with Crippen molar-refractivity contribution in [2.75, 3.05) is 18.4 Å². The molecule has 1 aliphatic heterocycles. The van der Waals surface area contributed by atoms with Crippen molar-refractivity contribution in [1.29, 1.82) is 0 Å². The van der Waals surface area contributed by atoms with Gasteiger partial charge in [-0.15, -0.1) is 5.10 Å². The fraction of sp³-hybridized carbons (Fsp3) is 0.407. The molecule has 0 saturated heterocycles. The van der Waals surface area contributed by atoms with Crippen molar-refractivity contribution in [3.63, 3.8) is 0 Å². The van der Waals surface area contributed by atoms with Gasteiger partial charge in [-0.1, -0.05) is 17.3 Å². The van der Waals surface area contributed by atoms with Crippen LogP contribution >= 0.6 is 0 Å². The molecule has 0 bridgehead atoms. The van der Waals surface area contributed by atoms with E-state index in [1.54, 1.807) is 47.3 Å². The number of carbonyl (C=O) groups excluding carboxylic acids is 1. The number of carbonyl (C=O) groups is 1. The van der Waals surface area contributed by atoms with Gasteiger partial charge in [0.25, 0.3) is 5.91 Å². The van der Waals surface area contributed by atoms with Gasteiger partial charge in [0.15, 0.2) is 5.69 Å². The van der Waals surface area contributed by atoms with Gasteiger partial charge in [-0.3, -0.25) is 14.4 Å². The number of rotatable bonds is 6. The number of aryl methyl sites for hydroxylation is 1. The third kappa shape index (κ3) is 6.88. The Kier molecular flexibility index (Phi) is 7.51. The number of hydrogen-bond acceptors (Lipinski definition) is 8. The fourth-order valence-corrected chi connectivity index (χ4v) is 4.69. The van der Waals surface area contributed by atoms with Gasteiger partial charge in [0, 0.05) is 38.1 Å². The topological polar surface area (TPSA) is 119 Å². The molecule has 1 amide bonds. The van der Waals surface area contributed by atoms with E-state index in [1.165, 1.54) is 4.90 Å². The van der Waals surface area contributed by atoms with Crippen molar-refractivity contribution in [1.82, 2.24) is 45.0 Å². The van der Waals surface area contributed by atoms with Crippen molar-refractivity contribution < 1.29 is 18.0 Å². The number of alkyl halides is 3. The van der Waals surface area contributed by atoms with Gasteiger partial charge < -0.3 is 10.6 Å². The molecule has 14 heteroatoms. The predicted molar refractivity (Wildman–Crippen MR) is 145 cm³/mol. The lowest BCUT2D eigenvalue weighted by atomic mass is 9.96. The zero-order valence-electron chi connectivity index (χ0n) is 23.1. The van der Waals surface area contributed by atoms with Gasteiger partial charge in [-0.25, -0.2) is 14.6 Å². The third-order valence-corrected chi connectivity index (χ3v) is 6.68. The smallest absolute Gasteiger partial charge is 0.344 e. The van der Waals surface area contributed by atoms with Crippen LogP contribution in [0.25, 0.3) is 11.3 Å². The number of nitrogens with one attached hydrogen (secondary N) is 2. The molecule has 3 aromatic heterocycles. The standard InChI is InChI=1S/C27H31F3N10O/c1-26(2,3)40-15-23(36-37-40)24(41)34-22-8-10-39(16-27(28,29)30)13-18-11-17(5-6-20(18)22)21-7-9-31-25(35-21)33-19-12-32-38(4)14-19/h5-7,9,11-12,14-15,22H,8,10,13,16H2,1-4H3,(H,34,41)(H,31,33,35)/t22-/m0/s1. The molecular formula is C27H31F3N10O. The molecule has 4 aromatic rings. The molecule has 1 aromatic carbocycles. The Balaban J connectivity index is 1.43. The van der Waals surface area contributed by atoms with E-state index in [4.69, 9.17) is 0 Å². The number of hydrogen-bond donors (Lipinski definition) is 2. The van der Waals surface area contributed by atoms with Crippen LogP contribution < -0.4 is 10.6 Å². The van der Waals surface area contributed by atoms with Crippen LogP contribution in [0.2, 0.25) is 0 Å². The molecule has 4 heterocycles. The maximum Gasteiger partial charge on any atom is 0.401 e. The van der Waals surface area contributed by atoms with E-state index < -0.39 is 24.7 Å². The van der Waals surface area contributed by atoms with E-state index in [2.05, 4.69) is 36.0 Å². The number of anilines is 2. The Bertz CT molecular complexity index is 1540. The van der Waals surface area contributed by atoms with Crippen molar-refractivity contribution in [3.05, 3.63) is 65.9 Å². The van der Waals surface area contributed by atoms with Gasteiger partial charge in [-0.05, 0) is 50.5 Å². The van der Waals surface area contributed by atoms with E-state index >= 15 is 0 Å². The number of fused-ring (bicyclic) bond motifs is 1. The summed E-state index contributed by atoms with van der Waals surface area (Å²) in [4.78, 5) is 23.3. The molecule has 1 atom stereocenters. The summed E-state index contributed by atoms with van der Waals surface area (Å²) in [5.74, 6) is -0.0794. The first kappa shape index (κ1) is 28.2. The molecule has 0 aliphatic carbocycles. The van der Waals surface area contributed by atoms with Gasteiger partial charge in [-0.2, -0.15) is 18.3 Å². The summed E-state index contributed by atoms with van der Waals surface area (Å²) in [7, 11) is 1.80. The molecule has 0 unspecified atom stereocenters. The minimum absolute atomic E-state index is 0.0706. The van der Waals surface area contributed by atoms with E-state index in [1.807, 2.05) is 39.0 Å². The second-order valence-corrected chi connectivity index (χ2v) is 11.1. The van der Waals surface area contributed by atoms with Crippen molar-refractivity contribution in [3.8, 4) is 11.3 Å². The maximum atomic E-state index is 13.4. The number of halogens is 3. The molecule has 2 N–H and O–H groups in total. The molecule has 0 fully saturated rings. The summed E-state index contributed by atoms with van der Waals surface area (Å²) in [6, 6.07) is 6.74. The Morgan fingerprint density at radius 3 is 2.63 bits per heavy atom. The Morgan fingerprint density at radius 2 is 1.95 bits per heavy atom. The first-order valence-electron chi connectivity index (χ1n) is 13.1. The van der Waals surface area contributed by atoms with Crippen molar-refractivity contribution in [2.24, 2.45) is 7.05 Å². The third-order valence-electron chi connectivity index (χ3n) is 6.68. The second kappa shape index (κ2) is 10.9. The lowest BCUT2D eigenvalue weighted by Gasteiger charge is -2.22. The van der Waals surface area contributed by atoms with Crippen LogP contribution in [0.3, 0.4) is 0 Å². The largest absolute Gasteiger partial charge is 0.401 e. The molecule has 5 rings (SSSR count). The highest BCUT2D eigenvalue weighted by Crippen LogP contribution is 2.32. The molecule has 0 spiro atoms. The molecule has 0 saturated carbocycles. The van der Waals surface area contributed by atoms with Gasteiger partial charge >= 0.3 is 6.18 Å². The van der Waals surface area contributed by atoms with E-state index in [0.29, 0.717) is 29.2 Å². The van der Waals surface area contributed by atoms with E-state index in [9.17, 15) is 18.0 Å². The summed E-state index contributed by atoms with van der Waals surface area (Å²) in [5.41, 5.74) is 3.24. The highest BCUT2D eigenvalue weighted by Gasteiger charge is 2.33. The number of nitrogens with zero attached hydrogens (tertiary/aromatic N) is 8. The highest BCUT2D eigenvalue weighted by molar-refractivity contribution is 5.92. The van der Waals surface area contributed by atoms with Gasteiger partial charge in [0.1, 0.15) is 0 Å². The normalized spacial score (nSPS) is 16.2. The molecular weight excluding hydrogens is 537 g/mol. The van der Waals surface area contributed by atoms with Crippen molar-refractivity contribution >= 4 is 17.5 Å². The maximum absolute atomic E-state index is 13.4. The summed E-state index contributed by atoms with van der Waals surface area (Å²) in [5, 5.41) is 18.2. The lowest BCUT2D eigenvalue weighted by Crippen LogP contribution is -2.35. The molecule has 1 aliphatic rings. The molecule has 216 valence electrons. The Morgan fingerprint density at radius 1 is 1.15 bits per heavy atom. The van der Waals surface area contributed by atoms with E-state index in [0.717, 1.165) is 11.3 Å². The highest BCUT2D eigenvalue weighted by atomic mass is 19.4. The van der Waals surface area contributed by atoms with Crippen LogP contribution in [-0.2, 0) is 19.1 Å². The van der Waals surface area contributed by atoms with Crippen LogP contribution in [0.15, 0.2) is 49.1 Å². The zero-order valence-corrected chi connectivity index (χ0v) is 23.1. The van der Waals surface area contributed by atoms with Gasteiger partial charge in [0.2, 0.25) is 5.95 Å². The average molecular weight is 569 g/mol. The second-order valence-electron chi connectivity index (χ2n) is 11.1. The molecule has 0 radical (unpaired) electrons. The number of aromatic nitrogens is 7. The molecule has 11 nitrogen and oxygen atoms in total. The molecule has 41 heavy (non-hydrogen) atoms. The van der Waals surface area contributed by atoms with Crippen LogP contribution in [0.4, 0.5) is 24.8 Å². The van der Waals surface area contributed by atoms with Crippen LogP contribution in [0.1, 0.15) is 54.8 Å². The van der Waals surface area contributed by atoms with Crippen LogP contribution in [-0.4, -0.2) is 64.8 Å². The van der Waals surface area contributed by atoms with E-state index in [-0.39, 0.29) is 24.3 Å². The number of benzene rings is 1. The first-order valence-corrected chi connectivity index (χ1v) is 13.1. The average Bonchev–Trinajstić information content (AvgIpc) is 3.52.